The first-order chi connectivity index (χ1) is 8.65. The Hall–Kier alpha value is -1.39. The molecule has 0 bridgehead atoms. The van der Waals surface area contributed by atoms with Crippen molar-refractivity contribution < 1.29 is 9.18 Å². The maximum atomic E-state index is 12.9. The van der Waals surface area contributed by atoms with Crippen LogP contribution in [0.5, 0.6) is 0 Å². The Morgan fingerprint density at radius 2 is 2.17 bits per heavy atom. The summed E-state index contributed by atoms with van der Waals surface area (Å²) in [4.78, 5) is 12.3. The molecule has 5 heteroatoms. The summed E-state index contributed by atoms with van der Waals surface area (Å²) in [5.41, 5.74) is 0.861. The van der Waals surface area contributed by atoms with Gasteiger partial charge in [-0.3, -0.25) is 4.79 Å². The Bertz CT molecular complexity index is 555. The molecule has 0 saturated heterocycles. The molecule has 0 aliphatic heterocycles. The lowest BCUT2D eigenvalue weighted by molar-refractivity contribution is 0.0958. The number of thiophene rings is 1. The van der Waals surface area contributed by atoms with Gasteiger partial charge in [-0.1, -0.05) is 23.7 Å². The van der Waals surface area contributed by atoms with Crippen LogP contribution in [-0.4, -0.2) is 12.5 Å². The maximum absolute atomic E-state index is 12.9. The zero-order chi connectivity index (χ0) is 13.0. The van der Waals surface area contributed by atoms with E-state index in [4.69, 9.17) is 11.6 Å². The van der Waals surface area contributed by atoms with Crippen molar-refractivity contribution in [2.45, 2.75) is 6.42 Å². The maximum Gasteiger partial charge on any atom is 0.261 e. The summed E-state index contributed by atoms with van der Waals surface area (Å²) in [7, 11) is 0. The van der Waals surface area contributed by atoms with Gasteiger partial charge in [-0.25, -0.2) is 4.39 Å². The Labute approximate surface area is 113 Å². The molecule has 1 aromatic heterocycles. The van der Waals surface area contributed by atoms with Crippen molar-refractivity contribution >= 4 is 28.8 Å². The predicted molar refractivity (Wildman–Crippen MR) is 71.8 cm³/mol. The van der Waals surface area contributed by atoms with E-state index in [1.807, 2.05) is 6.07 Å². The van der Waals surface area contributed by atoms with Gasteiger partial charge in [0.05, 0.1) is 9.21 Å². The average Bonchev–Trinajstić information content (AvgIpc) is 2.76. The second-order valence-electron chi connectivity index (χ2n) is 3.74. The lowest BCUT2D eigenvalue weighted by atomic mass is 10.1. The highest BCUT2D eigenvalue weighted by Gasteiger charge is 2.07. The van der Waals surface area contributed by atoms with Crippen molar-refractivity contribution in [3.63, 3.8) is 0 Å². The number of nitrogens with one attached hydrogen (secondary N) is 1. The lowest BCUT2D eigenvalue weighted by Gasteiger charge is -2.03. The fraction of sp³-hybridized carbons (Fsp3) is 0.154. The van der Waals surface area contributed by atoms with Crippen LogP contribution < -0.4 is 5.32 Å². The van der Waals surface area contributed by atoms with Crippen molar-refractivity contribution in [1.82, 2.24) is 5.32 Å². The summed E-state index contributed by atoms with van der Waals surface area (Å²) in [6.45, 7) is 0.470. The van der Waals surface area contributed by atoms with Gasteiger partial charge in [0.15, 0.2) is 0 Å². The zero-order valence-electron chi connectivity index (χ0n) is 9.45. The van der Waals surface area contributed by atoms with E-state index in [9.17, 15) is 9.18 Å². The molecule has 1 amide bonds. The van der Waals surface area contributed by atoms with Crippen molar-refractivity contribution in [2.75, 3.05) is 6.54 Å². The minimum atomic E-state index is -0.260. The van der Waals surface area contributed by atoms with E-state index in [1.54, 1.807) is 18.2 Å². The van der Waals surface area contributed by atoms with Crippen LogP contribution in [0.15, 0.2) is 36.4 Å². The molecular formula is C13H11ClFNOS. The normalized spacial score (nSPS) is 10.3. The minimum Gasteiger partial charge on any atom is -0.351 e. The highest BCUT2D eigenvalue weighted by atomic mass is 35.5. The van der Waals surface area contributed by atoms with E-state index in [2.05, 4.69) is 5.32 Å². The third-order valence-corrected chi connectivity index (χ3v) is 3.62. The first-order valence-electron chi connectivity index (χ1n) is 5.43. The molecule has 0 saturated carbocycles. The molecular weight excluding hydrogens is 273 g/mol. The highest BCUT2D eigenvalue weighted by Crippen LogP contribution is 2.21. The van der Waals surface area contributed by atoms with Gasteiger partial charge in [0.1, 0.15) is 5.82 Å². The number of amides is 1. The van der Waals surface area contributed by atoms with Gasteiger partial charge in [0.2, 0.25) is 0 Å². The number of rotatable bonds is 4. The third kappa shape index (κ3) is 3.55. The summed E-state index contributed by atoms with van der Waals surface area (Å²) < 4.78 is 13.5. The zero-order valence-corrected chi connectivity index (χ0v) is 11.0. The van der Waals surface area contributed by atoms with Gasteiger partial charge in [-0.2, -0.15) is 0 Å². The number of hydrogen-bond acceptors (Lipinski definition) is 2. The van der Waals surface area contributed by atoms with Crippen LogP contribution in [0, 0.1) is 5.82 Å². The number of carbonyl (C=O) groups is 1. The molecule has 0 unspecified atom stereocenters. The van der Waals surface area contributed by atoms with Gasteiger partial charge in [-0.05, 0) is 36.2 Å². The van der Waals surface area contributed by atoms with Crippen molar-refractivity contribution in [1.29, 1.82) is 0 Å². The van der Waals surface area contributed by atoms with Crippen molar-refractivity contribution in [3.05, 3.63) is 57.0 Å². The van der Waals surface area contributed by atoms with Crippen LogP contribution in [0.4, 0.5) is 4.39 Å². The summed E-state index contributed by atoms with van der Waals surface area (Å²) >= 11 is 6.99. The first kappa shape index (κ1) is 13.1. The van der Waals surface area contributed by atoms with Gasteiger partial charge in [-0.15, -0.1) is 11.3 Å². The standard InChI is InChI=1S/C13H11ClFNOS/c14-12-5-4-11(18-12)13(17)16-7-6-9-2-1-3-10(15)8-9/h1-5,8H,6-7H2,(H,16,17). The quantitative estimate of drug-likeness (QED) is 0.914. The van der Waals surface area contributed by atoms with Crippen LogP contribution in [-0.2, 0) is 6.42 Å². The predicted octanol–water partition coefficient (Wildman–Crippen LogP) is 3.51. The summed E-state index contributed by atoms with van der Waals surface area (Å²) in [6.07, 6.45) is 0.600. The first-order valence-corrected chi connectivity index (χ1v) is 6.62. The average molecular weight is 284 g/mol. The Morgan fingerprint density at radius 1 is 1.33 bits per heavy atom. The summed E-state index contributed by atoms with van der Waals surface area (Å²) in [5, 5.41) is 2.77. The number of carbonyl (C=O) groups excluding carboxylic acids is 1. The van der Waals surface area contributed by atoms with Gasteiger partial charge in [0.25, 0.3) is 5.91 Å². The van der Waals surface area contributed by atoms with Crippen molar-refractivity contribution in [3.8, 4) is 0 Å². The second-order valence-corrected chi connectivity index (χ2v) is 5.45. The summed E-state index contributed by atoms with van der Waals surface area (Å²) in [6, 6.07) is 9.73. The van der Waals surface area contributed by atoms with Gasteiger partial charge < -0.3 is 5.32 Å². The van der Waals surface area contributed by atoms with Crippen LogP contribution in [0.25, 0.3) is 0 Å². The third-order valence-electron chi connectivity index (χ3n) is 2.39. The minimum absolute atomic E-state index is 0.150. The van der Waals surface area contributed by atoms with Crippen LogP contribution in [0.2, 0.25) is 4.34 Å². The van der Waals surface area contributed by atoms with E-state index in [-0.39, 0.29) is 11.7 Å². The fourth-order valence-corrected chi connectivity index (χ4v) is 2.50. The van der Waals surface area contributed by atoms with Crippen LogP contribution in [0.3, 0.4) is 0 Å². The highest BCUT2D eigenvalue weighted by molar-refractivity contribution is 7.17. The molecule has 0 fully saturated rings. The lowest BCUT2D eigenvalue weighted by Crippen LogP contribution is -2.24. The van der Waals surface area contributed by atoms with Gasteiger partial charge >= 0.3 is 0 Å². The SMILES string of the molecule is O=C(NCCc1cccc(F)c1)c1ccc(Cl)s1. The molecule has 0 aliphatic carbocycles. The Balaban J connectivity index is 1.84. The van der Waals surface area contributed by atoms with E-state index in [0.29, 0.717) is 22.2 Å². The molecule has 0 radical (unpaired) electrons. The van der Waals surface area contributed by atoms with Crippen LogP contribution >= 0.6 is 22.9 Å². The smallest absolute Gasteiger partial charge is 0.261 e. The fourth-order valence-electron chi connectivity index (χ4n) is 1.54. The molecule has 18 heavy (non-hydrogen) atoms. The van der Waals surface area contributed by atoms with E-state index >= 15 is 0 Å². The molecule has 94 valence electrons. The van der Waals surface area contributed by atoms with E-state index in [0.717, 1.165) is 5.56 Å². The number of benzene rings is 1. The second kappa shape index (κ2) is 5.98. The largest absolute Gasteiger partial charge is 0.351 e. The molecule has 1 heterocycles. The number of hydrogen-bond donors (Lipinski definition) is 1. The van der Waals surface area contributed by atoms with Gasteiger partial charge in [0, 0.05) is 6.54 Å². The molecule has 2 nitrogen and oxygen atoms in total. The monoisotopic (exact) mass is 283 g/mol. The molecule has 2 aromatic rings. The molecule has 0 aliphatic rings. The molecule has 1 aromatic carbocycles. The summed E-state index contributed by atoms with van der Waals surface area (Å²) in [5.74, 6) is -0.410. The van der Waals surface area contributed by atoms with Crippen molar-refractivity contribution in [2.24, 2.45) is 0 Å². The molecule has 0 spiro atoms. The number of halogens is 2. The molecule has 2 rings (SSSR count). The molecule has 1 N–H and O–H groups in total. The Morgan fingerprint density at radius 3 is 2.83 bits per heavy atom. The Kier molecular flexibility index (Phi) is 4.33. The molecule has 0 atom stereocenters. The van der Waals surface area contributed by atoms with E-state index in [1.165, 1.54) is 23.5 Å². The van der Waals surface area contributed by atoms with E-state index < -0.39 is 0 Å². The topological polar surface area (TPSA) is 29.1 Å². The van der Waals surface area contributed by atoms with Crippen LogP contribution in [0.1, 0.15) is 15.2 Å².